The van der Waals surface area contributed by atoms with Gasteiger partial charge in [-0.3, -0.25) is 0 Å². The van der Waals surface area contributed by atoms with Gasteiger partial charge in [-0.05, 0) is 31.0 Å². The van der Waals surface area contributed by atoms with Crippen LogP contribution >= 0.6 is 0 Å². The highest BCUT2D eigenvalue weighted by molar-refractivity contribution is 5.46. The first-order valence-electron chi connectivity index (χ1n) is 5.68. The highest BCUT2D eigenvalue weighted by Gasteiger charge is 2.34. The van der Waals surface area contributed by atoms with Gasteiger partial charge in [0.25, 0.3) is 0 Å². The molecule has 1 fully saturated rings. The number of anilines is 1. The molecule has 1 aliphatic rings. The average molecular weight is 263 g/mol. The Balaban J connectivity index is 2.08. The van der Waals surface area contributed by atoms with Crippen LogP contribution in [0.4, 0.5) is 23.2 Å². The fourth-order valence-electron chi connectivity index (χ4n) is 1.91. The van der Waals surface area contributed by atoms with Crippen LogP contribution in [0.1, 0.15) is 18.4 Å². The van der Waals surface area contributed by atoms with Crippen molar-refractivity contribution in [1.82, 2.24) is 0 Å². The van der Waals surface area contributed by atoms with Crippen LogP contribution in [0.15, 0.2) is 18.2 Å². The number of halogens is 4. The molecular weight excluding hydrogens is 250 g/mol. The molecule has 18 heavy (non-hydrogen) atoms. The molecule has 0 spiro atoms. The van der Waals surface area contributed by atoms with Crippen LogP contribution < -0.4 is 5.32 Å². The minimum absolute atomic E-state index is 0.120. The smallest absolute Gasteiger partial charge is 0.382 e. The van der Waals surface area contributed by atoms with Gasteiger partial charge >= 0.3 is 6.18 Å². The van der Waals surface area contributed by atoms with Crippen molar-refractivity contribution in [2.75, 3.05) is 18.5 Å². The second kappa shape index (κ2) is 5.14. The van der Waals surface area contributed by atoms with Crippen LogP contribution in [0, 0.1) is 5.82 Å². The Kier molecular flexibility index (Phi) is 3.75. The molecule has 0 radical (unpaired) electrons. The van der Waals surface area contributed by atoms with Crippen molar-refractivity contribution in [3.05, 3.63) is 29.6 Å². The molecule has 100 valence electrons. The van der Waals surface area contributed by atoms with E-state index in [1.165, 1.54) is 6.07 Å². The summed E-state index contributed by atoms with van der Waals surface area (Å²) in [7, 11) is 0. The van der Waals surface area contributed by atoms with Gasteiger partial charge in [-0.2, -0.15) is 13.2 Å². The number of ether oxygens (including phenoxy) is 1. The van der Waals surface area contributed by atoms with E-state index in [0.717, 1.165) is 25.0 Å². The summed E-state index contributed by atoms with van der Waals surface area (Å²) in [5.41, 5.74) is -0.868. The van der Waals surface area contributed by atoms with Gasteiger partial charge in [-0.25, -0.2) is 4.39 Å². The zero-order valence-electron chi connectivity index (χ0n) is 9.56. The Labute approximate surface area is 102 Å². The van der Waals surface area contributed by atoms with Gasteiger partial charge in [0, 0.05) is 24.9 Å². The fourth-order valence-corrected chi connectivity index (χ4v) is 1.91. The molecule has 0 unspecified atom stereocenters. The molecule has 1 N–H and O–H groups in total. The Bertz CT molecular complexity index is 413. The summed E-state index contributed by atoms with van der Waals surface area (Å²) >= 11 is 0. The first-order chi connectivity index (χ1) is 8.47. The highest BCUT2D eigenvalue weighted by Crippen LogP contribution is 2.32. The minimum atomic E-state index is -4.65. The largest absolute Gasteiger partial charge is 0.419 e. The predicted octanol–water partition coefficient (Wildman–Crippen LogP) is 3.44. The van der Waals surface area contributed by atoms with Crippen molar-refractivity contribution in [1.29, 1.82) is 0 Å². The highest BCUT2D eigenvalue weighted by atomic mass is 19.4. The molecule has 6 heteroatoms. The van der Waals surface area contributed by atoms with Crippen LogP contribution in [0.5, 0.6) is 0 Å². The molecule has 2 nitrogen and oxygen atoms in total. The van der Waals surface area contributed by atoms with Gasteiger partial charge in [0.15, 0.2) is 0 Å². The van der Waals surface area contributed by atoms with E-state index in [1.807, 2.05) is 0 Å². The molecule has 1 aliphatic heterocycles. The molecule has 1 aromatic carbocycles. The third kappa shape index (κ3) is 3.13. The zero-order valence-corrected chi connectivity index (χ0v) is 9.56. The van der Waals surface area contributed by atoms with Crippen molar-refractivity contribution in [3.63, 3.8) is 0 Å². The maximum atomic E-state index is 13.3. The number of rotatable bonds is 2. The van der Waals surface area contributed by atoms with E-state index in [9.17, 15) is 17.6 Å². The van der Waals surface area contributed by atoms with Gasteiger partial charge in [0.05, 0.1) is 5.56 Å². The van der Waals surface area contributed by atoms with Crippen LogP contribution in [-0.2, 0) is 10.9 Å². The molecule has 1 saturated heterocycles. The Morgan fingerprint density at radius 2 is 1.83 bits per heavy atom. The van der Waals surface area contributed by atoms with E-state index in [4.69, 9.17) is 4.74 Å². The standard InChI is InChI=1S/C12H13F4NO/c13-11-7-9(1-2-10(11)12(14,15)16)17-8-3-5-18-6-4-8/h1-2,7-8,17H,3-6H2. The number of alkyl halides is 3. The van der Waals surface area contributed by atoms with Crippen LogP contribution in [-0.4, -0.2) is 19.3 Å². The lowest BCUT2D eigenvalue weighted by Gasteiger charge is -2.24. The molecule has 2 rings (SSSR count). The molecular formula is C12H13F4NO. The maximum Gasteiger partial charge on any atom is 0.419 e. The fraction of sp³-hybridized carbons (Fsp3) is 0.500. The van der Waals surface area contributed by atoms with Gasteiger partial charge in [-0.1, -0.05) is 0 Å². The van der Waals surface area contributed by atoms with E-state index in [0.29, 0.717) is 18.9 Å². The Morgan fingerprint density at radius 3 is 2.39 bits per heavy atom. The topological polar surface area (TPSA) is 21.3 Å². The monoisotopic (exact) mass is 263 g/mol. The summed E-state index contributed by atoms with van der Waals surface area (Å²) in [5.74, 6) is -1.25. The molecule has 0 atom stereocenters. The number of nitrogens with one attached hydrogen (secondary N) is 1. The van der Waals surface area contributed by atoms with Crippen molar-refractivity contribution in [2.24, 2.45) is 0 Å². The molecule has 0 aliphatic carbocycles. The van der Waals surface area contributed by atoms with Gasteiger partial charge < -0.3 is 10.1 Å². The molecule has 0 aromatic heterocycles. The lowest BCUT2D eigenvalue weighted by molar-refractivity contribution is -0.139. The first-order valence-corrected chi connectivity index (χ1v) is 5.68. The van der Waals surface area contributed by atoms with Gasteiger partial charge in [-0.15, -0.1) is 0 Å². The summed E-state index contributed by atoms with van der Waals surface area (Å²) in [6, 6.07) is 3.02. The molecule has 0 bridgehead atoms. The molecule has 0 amide bonds. The minimum Gasteiger partial charge on any atom is -0.382 e. The van der Waals surface area contributed by atoms with Crippen LogP contribution in [0.25, 0.3) is 0 Å². The maximum absolute atomic E-state index is 13.3. The molecule has 0 saturated carbocycles. The Morgan fingerprint density at radius 1 is 1.17 bits per heavy atom. The number of benzene rings is 1. The van der Waals surface area contributed by atoms with Crippen molar-refractivity contribution in [3.8, 4) is 0 Å². The zero-order chi connectivity index (χ0) is 13.2. The Hall–Kier alpha value is -1.30. The second-order valence-electron chi connectivity index (χ2n) is 4.22. The number of hydrogen-bond acceptors (Lipinski definition) is 2. The third-order valence-electron chi connectivity index (χ3n) is 2.87. The summed E-state index contributed by atoms with van der Waals surface area (Å²) in [6.45, 7) is 1.22. The van der Waals surface area contributed by atoms with Gasteiger partial charge in [0.1, 0.15) is 5.82 Å². The van der Waals surface area contributed by atoms with Gasteiger partial charge in [0.2, 0.25) is 0 Å². The van der Waals surface area contributed by atoms with Crippen molar-refractivity contribution < 1.29 is 22.3 Å². The van der Waals surface area contributed by atoms with E-state index < -0.39 is 17.6 Å². The second-order valence-corrected chi connectivity index (χ2v) is 4.22. The quantitative estimate of drug-likeness (QED) is 0.825. The summed E-state index contributed by atoms with van der Waals surface area (Å²) in [4.78, 5) is 0. The third-order valence-corrected chi connectivity index (χ3v) is 2.87. The van der Waals surface area contributed by atoms with Crippen molar-refractivity contribution >= 4 is 5.69 Å². The van der Waals surface area contributed by atoms with Crippen LogP contribution in [0.3, 0.4) is 0 Å². The van der Waals surface area contributed by atoms with E-state index in [1.54, 1.807) is 0 Å². The average Bonchev–Trinajstić information content (AvgIpc) is 2.28. The normalized spacial score (nSPS) is 17.8. The molecule has 1 heterocycles. The lowest BCUT2D eigenvalue weighted by Crippen LogP contribution is -2.27. The first kappa shape index (κ1) is 13.1. The van der Waals surface area contributed by atoms with E-state index in [-0.39, 0.29) is 6.04 Å². The summed E-state index contributed by atoms with van der Waals surface area (Å²) in [6.07, 6.45) is -3.12. The van der Waals surface area contributed by atoms with Crippen LogP contribution in [0.2, 0.25) is 0 Å². The number of hydrogen-bond donors (Lipinski definition) is 1. The van der Waals surface area contributed by atoms with E-state index in [2.05, 4.69) is 5.32 Å². The SMILES string of the molecule is Fc1cc(NC2CCOCC2)ccc1C(F)(F)F. The summed E-state index contributed by atoms with van der Waals surface area (Å²) < 4.78 is 55.6. The summed E-state index contributed by atoms with van der Waals surface area (Å²) in [5, 5.41) is 3.01. The molecule has 1 aromatic rings. The lowest BCUT2D eigenvalue weighted by atomic mass is 10.1. The predicted molar refractivity (Wildman–Crippen MR) is 58.9 cm³/mol. The van der Waals surface area contributed by atoms with E-state index >= 15 is 0 Å². The van der Waals surface area contributed by atoms with Crippen molar-refractivity contribution in [2.45, 2.75) is 25.1 Å².